The van der Waals surface area contributed by atoms with Gasteiger partial charge in [0.25, 0.3) is 5.91 Å². The Morgan fingerprint density at radius 2 is 1.77 bits per heavy atom. The Morgan fingerprint density at radius 1 is 1.08 bits per heavy atom. The average Bonchev–Trinajstić information content (AvgIpc) is 3.10. The number of nitrogens with one attached hydrogen (secondary N) is 2. The summed E-state index contributed by atoms with van der Waals surface area (Å²) < 4.78 is 37.6. The van der Waals surface area contributed by atoms with Gasteiger partial charge >= 0.3 is 6.18 Å². The Balaban J connectivity index is 1.68. The van der Waals surface area contributed by atoms with E-state index in [-0.39, 0.29) is 5.56 Å². The van der Waals surface area contributed by atoms with Crippen LogP contribution in [-0.4, -0.2) is 22.3 Å². The maximum absolute atomic E-state index is 12.5. The van der Waals surface area contributed by atoms with Crippen LogP contribution in [0.2, 0.25) is 0 Å². The summed E-state index contributed by atoms with van der Waals surface area (Å²) in [4.78, 5) is 12.0. The van der Waals surface area contributed by atoms with Crippen molar-refractivity contribution in [2.75, 3.05) is 0 Å². The Morgan fingerprint density at radius 3 is 2.42 bits per heavy atom. The summed E-state index contributed by atoms with van der Waals surface area (Å²) in [5, 5.41) is 10.6. The number of H-pyrrole nitrogens is 1. The van der Waals surface area contributed by atoms with Crippen molar-refractivity contribution in [1.82, 2.24) is 15.6 Å². The fourth-order valence-corrected chi connectivity index (χ4v) is 2.26. The fraction of sp³-hybridized carbons (Fsp3) is 0.0556. The lowest BCUT2D eigenvalue weighted by molar-refractivity contribution is -0.137. The monoisotopic (exact) mass is 358 g/mol. The van der Waals surface area contributed by atoms with E-state index in [0.717, 1.165) is 35.5 Å². The van der Waals surface area contributed by atoms with Crippen molar-refractivity contribution in [3.8, 4) is 11.3 Å². The molecule has 1 aromatic heterocycles. The van der Waals surface area contributed by atoms with E-state index >= 15 is 0 Å². The Kier molecular flexibility index (Phi) is 4.83. The zero-order valence-electron chi connectivity index (χ0n) is 13.3. The lowest BCUT2D eigenvalue weighted by Gasteiger charge is -2.06. The van der Waals surface area contributed by atoms with Crippen molar-refractivity contribution < 1.29 is 18.0 Å². The van der Waals surface area contributed by atoms with Crippen LogP contribution >= 0.6 is 0 Å². The molecule has 2 aromatic carbocycles. The number of halogens is 3. The zero-order valence-corrected chi connectivity index (χ0v) is 13.3. The van der Waals surface area contributed by atoms with Gasteiger partial charge in [-0.25, -0.2) is 5.43 Å². The van der Waals surface area contributed by atoms with E-state index in [1.165, 1.54) is 6.21 Å². The van der Waals surface area contributed by atoms with Crippen molar-refractivity contribution in [2.45, 2.75) is 6.18 Å². The molecule has 0 aliphatic rings. The summed E-state index contributed by atoms with van der Waals surface area (Å²) in [6, 6.07) is 13.3. The molecule has 1 amide bonds. The molecule has 2 N–H and O–H groups in total. The van der Waals surface area contributed by atoms with E-state index in [1.54, 1.807) is 6.20 Å². The van der Waals surface area contributed by atoms with Crippen molar-refractivity contribution in [3.05, 3.63) is 77.5 Å². The lowest BCUT2D eigenvalue weighted by atomic mass is 10.1. The molecule has 0 spiro atoms. The number of alkyl halides is 3. The van der Waals surface area contributed by atoms with Gasteiger partial charge in [-0.1, -0.05) is 30.3 Å². The van der Waals surface area contributed by atoms with Crippen molar-refractivity contribution in [3.63, 3.8) is 0 Å². The molecule has 0 bridgehead atoms. The molecule has 3 rings (SSSR count). The number of aromatic nitrogens is 2. The fourth-order valence-electron chi connectivity index (χ4n) is 2.26. The molecule has 0 radical (unpaired) electrons. The minimum atomic E-state index is -4.44. The van der Waals surface area contributed by atoms with Gasteiger partial charge in [0.15, 0.2) is 0 Å². The molecular formula is C18H13F3N4O. The van der Waals surface area contributed by atoms with E-state index in [9.17, 15) is 18.0 Å². The first-order valence-electron chi connectivity index (χ1n) is 7.54. The number of hydrogen-bond donors (Lipinski definition) is 2. The maximum atomic E-state index is 12.5. The Hall–Kier alpha value is -3.42. The van der Waals surface area contributed by atoms with Gasteiger partial charge in [-0.05, 0) is 24.3 Å². The topological polar surface area (TPSA) is 70.1 Å². The molecule has 1 heterocycles. The van der Waals surface area contributed by atoms with Crippen molar-refractivity contribution in [2.24, 2.45) is 5.10 Å². The van der Waals surface area contributed by atoms with Gasteiger partial charge in [0, 0.05) is 16.7 Å². The minimum Gasteiger partial charge on any atom is -0.277 e. The number of carbonyl (C=O) groups is 1. The van der Waals surface area contributed by atoms with E-state index in [2.05, 4.69) is 20.7 Å². The summed E-state index contributed by atoms with van der Waals surface area (Å²) in [6.07, 6.45) is -1.48. The van der Waals surface area contributed by atoms with Crippen LogP contribution in [0, 0.1) is 0 Å². The molecule has 0 atom stereocenters. The predicted molar refractivity (Wildman–Crippen MR) is 90.5 cm³/mol. The largest absolute Gasteiger partial charge is 0.416 e. The number of rotatable bonds is 4. The van der Waals surface area contributed by atoms with Crippen LogP contribution in [0.25, 0.3) is 11.3 Å². The molecule has 8 heteroatoms. The number of aromatic amines is 1. The number of hydrogen-bond acceptors (Lipinski definition) is 3. The third kappa shape index (κ3) is 3.97. The SMILES string of the molecule is O=C(N/N=C\c1cn[nH]c1-c1ccccc1)c1ccc(C(F)(F)F)cc1. The van der Waals surface area contributed by atoms with Crippen LogP contribution in [0.15, 0.2) is 65.9 Å². The molecule has 3 aromatic rings. The predicted octanol–water partition coefficient (Wildman–Crippen LogP) is 3.86. The number of amides is 1. The third-order valence-electron chi connectivity index (χ3n) is 3.58. The van der Waals surface area contributed by atoms with Gasteiger partial charge in [0.2, 0.25) is 0 Å². The van der Waals surface area contributed by atoms with E-state index in [1.807, 2.05) is 30.3 Å². The van der Waals surface area contributed by atoms with Gasteiger partial charge in [0.1, 0.15) is 0 Å². The normalized spacial score (nSPS) is 11.7. The molecule has 0 saturated carbocycles. The summed E-state index contributed by atoms with van der Waals surface area (Å²) in [5.74, 6) is -0.611. The van der Waals surface area contributed by atoms with Gasteiger partial charge in [-0.2, -0.15) is 23.4 Å². The van der Waals surface area contributed by atoms with Crippen LogP contribution in [0.5, 0.6) is 0 Å². The van der Waals surface area contributed by atoms with Crippen LogP contribution in [-0.2, 0) is 6.18 Å². The van der Waals surface area contributed by atoms with E-state index in [4.69, 9.17) is 0 Å². The first kappa shape index (κ1) is 17.4. The lowest BCUT2D eigenvalue weighted by Crippen LogP contribution is -2.18. The number of hydrazone groups is 1. The van der Waals surface area contributed by atoms with Crippen LogP contribution in [0.3, 0.4) is 0 Å². The second kappa shape index (κ2) is 7.22. The van der Waals surface area contributed by atoms with Crippen molar-refractivity contribution in [1.29, 1.82) is 0 Å². The summed E-state index contributed by atoms with van der Waals surface area (Å²) in [5.41, 5.74) is 3.83. The number of nitrogens with zero attached hydrogens (tertiary/aromatic N) is 2. The number of carbonyl (C=O) groups excluding carboxylic acids is 1. The highest BCUT2D eigenvalue weighted by molar-refractivity contribution is 5.95. The molecular weight excluding hydrogens is 345 g/mol. The second-order valence-electron chi connectivity index (χ2n) is 5.34. The maximum Gasteiger partial charge on any atom is 0.416 e. The van der Waals surface area contributed by atoms with Crippen LogP contribution in [0.1, 0.15) is 21.5 Å². The number of benzene rings is 2. The van der Waals surface area contributed by atoms with Crippen molar-refractivity contribution >= 4 is 12.1 Å². The summed E-state index contributed by atoms with van der Waals surface area (Å²) >= 11 is 0. The highest BCUT2D eigenvalue weighted by atomic mass is 19.4. The molecule has 26 heavy (non-hydrogen) atoms. The van der Waals surface area contributed by atoms with E-state index in [0.29, 0.717) is 5.56 Å². The Labute approximate surface area is 146 Å². The molecule has 132 valence electrons. The summed E-state index contributed by atoms with van der Waals surface area (Å²) in [7, 11) is 0. The quantitative estimate of drug-likeness (QED) is 0.549. The second-order valence-corrected chi connectivity index (χ2v) is 5.34. The van der Waals surface area contributed by atoms with E-state index < -0.39 is 17.6 Å². The smallest absolute Gasteiger partial charge is 0.277 e. The first-order chi connectivity index (χ1) is 12.4. The third-order valence-corrected chi connectivity index (χ3v) is 3.58. The van der Waals surface area contributed by atoms with Crippen LogP contribution < -0.4 is 5.43 Å². The highest BCUT2D eigenvalue weighted by Gasteiger charge is 2.30. The average molecular weight is 358 g/mol. The standard InChI is InChI=1S/C18H13F3N4O/c19-18(20,21)15-8-6-13(7-9-15)17(26)25-23-11-14-10-22-24-16(14)12-4-2-1-3-5-12/h1-11H,(H,22,24)(H,25,26)/b23-11-. The Bertz CT molecular complexity index is 916. The molecule has 0 fully saturated rings. The van der Waals surface area contributed by atoms with Gasteiger partial charge < -0.3 is 0 Å². The van der Waals surface area contributed by atoms with Crippen LogP contribution in [0.4, 0.5) is 13.2 Å². The first-order valence-corrected chi connectivity index (χ1v) is 7.54. The molecule has 0 unspecified atom stereocenters. The zero-order chi connectivity index (χ0) is 18.6. The molecule has 0 saturated heterocycles. The van der Waals surface area contributed by atoms with Gasteiger partial charge in [-0.15, -0.1) is 0 Å². The minimum absolute atomic E-state index is 0.0747. The molecule has 5 nitrogen and oxygen atoms in total. The van der Waals surface area contributed by atoms with Gasteiger partial charge in [-0.3, -0.25) is 9.89 Å². The molecule has 0 aliphatic carbocycles. The molecule has 0 aliphatic heterocycles. The summed E-state index contributed by atoms with van der Waals surface area (Å²) in [6.45, 7) is 0. The highest BCUT2D eigenvalue weighted by Crippen LogP contribution is 2.29. The van der Waals surface area contributed by atoms with Gasteiger partial charge in [0.05, 0.1) is 23.7 Å².